The van der Waals surface area contributed by atoms with Crippen LogP contribution >= 0.6 is 11.3 Å². The van der Waals surface area contributed by atoms with Crippen LogP contribution in [0.5, 0.6) is 0 Å². The van der Waals surface area contributed by atoms with Crippen molar-refractivity contribution in [3.05, 3.63) is 46.2 Å². The highest BCUT2D eigenvalue weighted by molar-refractivity contribution is 7.15. The van der Waals surface area contributed by atoms with Crippen molar-refractivity contribution in [3.63, 3.8) is 0 Å². The number of aromatic nitrogens is 1. The number of ether oxygens (including phenoxy) is 1. The van der Waals surface area contributed by atoms with Crippen molar-refractivity contribution in [2.75, 3.05) is 32.2 Å². The fraction of sp³-hybridized carbons (Fsp3) is 0.577. The quantitative estimate of drug-likeness (QED) is 0.398. The van der Waals surface area contributed by atoms with Gasteiger partial charge in [-0.2, -0.15) is 0 Å². The van der Waals surface area contributed by atoms with E-state index in [-0.39, 0.29) is 36.2 Å². The molecule has 2 amide bonds. The SMILES string of the molecule is COCCNC(=O)CC1c2nc(NC(=O)c3ccc(F)cc3)sc2CC2C(C)(CO)C(O)CCC12C. The maximum absolute atomic E-state index is 13.3. The lowest BCUT2D eigenvalue weighted by atomic mass is 9.47. The first-order valence-electron chi connectivity index (χ1n) is 12.2. The molecule has 8 nitrogen and oxygen atoms in total. The van der Waals surface area contributed by atoms with Crippen LogP contribution < -0.4 is 10.6 Å². The average molecular weight is 520 g/mol. The van der Waals surface area contributed by atoms with E-state index in [1.165, 1.54) is 35.6 Å². The number of fused-ring (bicyclic) bond motifs is 2. The minimum atomic E-state index is -0.725. The maximum Gasteiger partial charge on any atom is 0.257 e. The minimum absolute atomic E-state index is 0.0795. The van der Waals surface area contributed by atoms with Crippen LogP contribution in [0.2, 0.25) is 0 Å². The smallest absolute Gasteiger partial charge is 0.257 e. The lowest BCUT2D eigenvalue weighted by Gasteiger charge is -2.58. The number of aliphatic hydroxyl groups excluding tert-OH is 2. The molecule has 5 atom stereocenters. The van der Waals surface area contributed by atoms with Gasteiger partial charge in [-0.15, -0.1) is 11.3 Å². The van der Waals surface area contributed by atoms with Crippen molar-refractivity contribution >= 4 is 28.3 Å². The predicted molar refractivity (Wildman–Crippen MR) is 134 cm³/mol. The fourth-order valence-electron chi connectivity index (χ4n) is 6.02. The highest BCUT2D eigenvalue weighted by Crippen LogP contribution is 2.62. The molecular formula is C26H34FN3O5S. The summed E-state index contributed by atoms with van der Waals surface area (Å²) >= 11 is 1.35. The summed E-state index contributed by atoms with van der Waals surface area (Å²) in [4.78, 5) is 31.4. The van der Waals surface area contributed by atoms with Crippen molar-refractivity contribution in [1.82, 2.24) is 10.3 Å². The first-order valence-corrected chi connectivity index (χ1v) is 13.0. The van der Waals surface area contributed by atoms with Crippen LogP contribution in [0, 0.1) is 22.6 Å². The zero-order valence-electron chi connectivity index (χ0n) is 20.8. The highest BCUT2D eigenvalue weighted by atomic mass is 32.1. The number of aliphatic hydroxyl groups is 2. The third-order valence-electron chi connectivity index (χ3n) is 8.24. The van der Waals surface area contributed by atoms with Crippen molar-refractivity contribution in [2.45, 2.75) is 51.6 Å². The normalized spacial score (nSPS) is 29.2. The number of anilines is 1. The number of hydrogen-bond acceptors (Lipinski definition) is 7. The molecule has 1 fully saturated rings. The standard InChI is InChI=1S/C26H34FN3O5S/c1-25-9-8-20(32)26(2,14-31)19(25)13-18-22(17(25)12-21(33)28-10-11-35-3)29-24(36-18)30-23(34)15-4-6-16(27)7-5-15/h4-7,17,19-20,31-32H,8-14H2,1-3H3,(H,28,33)(H,29,30,34). The van der Waals surface area contributed by atoms with E-state index in [1.807, 2.05) is 6.92 Å². The summed E-state index contributed by atoms with van der Waals surface area (Å²) < 4.78 is 18.3. The number of nitrogens with one attached hydrogen (secondary N) is 2. The molecule has 2 aliphatic carbocycles. The number of carbonyl (C=O) groups is 2. The number of amides is 2. The summed E-state index contributed by atoms with van der Waals surface area (Å²) in [5, 5.41) is 27.3. The number of thiazole rings is 1. The van der Waals surface area contributed by atoms with Crippen LogP contribution in [0.25, 0.3) is 0 Å². The Balaban J connectivity index is 1.67. The first-order chi connectivity index (χ1) is 17.1. The number of carbonyl (C=O) groups excluding carboxylic acids is 2. The molecule has 36 heavy (non-hydrogen) atoms. The van der Waals surface area contributed by atoms with E-state index < -0.39 is 23.2 Å². The fourth-order valence-corrected chi connectivity index (χ4v) is 7.08. The second-order valence-corrected chi connectivity index (χ2v) is 11.5. The number of rotatable bonds is 8. The van der Waals surface area contributed by atoms with Crippen LogP contribution in [-0.2, 0) is 16.0 Å². The summed E-state index contributed by atoms with van der Waals surface area (Å²) in [5.41, 5.74) is -0.00651. The molecule has 1 heterocycles. The Kier molecular flexibility index (Phi) is 7.80. The Labute approximate surface area is 214 Å². The number of methoxy groups -OCH3 is 1. The lowest BCUT2D eigenvalue weighted by molar-refractivity contribution is -0.144. The van der Waals surface area contributed by atoms with Gasteiger partial charge in [0.2, 0.25) is 5.91 Å². The third kappa shape index (κ3) is 4.91. The summed E-state index contributed by atoms with van der Waals surface area (Å²) in [6.45, 7) is 4.69. The predicted octanol–water partition coefficient (Wildman–Crippen LogP) is 3.10. The first kappa shape index (κ1) is 26.7. The van der Waals surface area contributed by atoms with Crippen molar-refractivity contribution in [1.29, 1.82) is 0 Å². The summed E-state index contributed by atoms with van der Waals surface area (Å²) in [6, 6.07) is 5.28. The van der Waals surface area contributed by atoms with Gasteiger partial charge >= 0.3 is 0 Å². The molecule has 4 N–H and O–H groups in total. The Morgan fingerprint density at radius 1 is 1.28 bits per heavy atom. The summed E-state index contributed by atoms with van der Waals surface area (Å²) in [5.74, 6) is -1.27. The molecule has 2 aliphatic rings. The van der Waals surface area contributed by atoms with Gasteiger partial charge in [-0.05, 0) is 54.9 Å². The Morgan fingerprint density at radius 3 is 2.67 bits per heavy atom. The van der Waals surface area contributed by atoms with E-state index in [0.29, 0.717) is 43.1 Å². The molecule has 1 aromatic heterocycles. The van der Waals surface area contributed by atoms with E-state index in [1.54, 1.807) is 7.11 Å². The monoisotopic (exact) mass is 519 g/mol. The van der Waals surface area contributed by atoms with E-state index in [2.05, 4.69) is 17.6 Å². The molecule has 2 aromatic rings. The molecule has 4 rings (SSSR count). The van der Waals surface area contributed by atoms with Crippen molar-refractivity contribution in [3.8, 4) is 0 Å². The van der Waals surface area contributed by atoms with Crippen LogP contribution in [0.3, 0.4) is 0 Å². The van der Waals surface area contributed by atoms with Gasteiger partial charge in [0.1, 0.15) is 5.82 Å². The third-order valence-corrected chi connectivity index (χ3v) is 9.25. The van der Waals surface area contributed by atoms with Crippen LogP contribution in [0.15, 0.2) is 24.3 Å². The van der Waals surface area contributed by atoms with Crippen LogP contribution in [0.1, 0.15) is 60.0 Å². The van der Waals surface area contributed by atoms with Gasteiger partial charge in [0.05, 0.1) is 25.0 Å². The topological polar surface area (TPSA) is 121 Å². The molecule has 0 bridgehead atoms. The van der Waals surface area contributed by atoms with Crippen LogP contribution in [0.4, 0.5) is 9.52 Å². The maximum atomic E-state index is 13.3. The molecule has 0 spiro atoms. The molecule has 0 saturated heterocycles. The largest absolute Gasteiger partial charge is 0.396 e. The second-order valence-electron chi connectivity index (χ2n) is 10.4. The number of hydrogen-bond donors (Lipinski definition) is 4. The zero-order valence-corrected chi connectivity index (χ0v) is 21.7. The molecule has 1 saturated carbocycles. The minimum Gasteiger partial charge on any atom is -0.396 e. The van der Waals surface area contributed by atoms with Gasteiger partial charge in [0.25, 0.3) is 5.91 Å². The Morgan fingerprint density at radius 2 is 2.00 bits per heavy atom. The number of halogens is 1. The van der Waals surface area contributed by atoms with E-state index in [9.17, 15) is 24.2 Å². The Bertz CT molecular complexity index is 1110. The summed E-state index contributed by atoms with van der Waals surface area (Å²) in [6.07, 6.45) is 1.37. The van der Waals surface area contributed by atoms with Gasteiger partial charge in [-0.1, -0.05) is 13.8 Å². The molecule has 10 heteroatoms. The van der Waals surface area contributed by atoms with Crippen molar-refractivity contribution in [2.24, 2.45) is 16.7 Å². The molecule has 5 unspecified atom stereocenters. The van der Waals surface area contributed by atoms with E-state index in [0.717, 1.165) is 10.6 Å². The van der Waals surface area contributed by atoms with Gasteiger partial charge in [-0.3, -0.25) is 14.9 Å². The van der Waals surface area contributed by atoms with Gasteiger partial charge in [-0.25, -0.2) is 9.37 Å². The molecule has 1 aromatic carbocycles. The van der Waals surface area contributed by atoms with Gasteiger partial charge < -0.3 is 20.3 Å². The van der Waals surface area contributed by atoms with E-state index >= 15 is 0 Å². The number of benzene rings is 1. The van der Waals surface area contributed by atoms with Crippen LogP contribution in [-0.4, -0.2) is 60.0 Å². The van der Waals surface area contributed by atoms with Gasteiger partial charge in [0, 0.05) is 41.8 Å². The molecule has 0 aliphatic heterocycles. The molecule has 0 radical (unpaired) electrons. The lowest BCUT2D eigenvalue weighted by Crippen LogP contribution is -2.57. The highest BCUT2D eigenvalue weighted by Gasteiger charge is 2.59. The average Bonchev–Trinajstić information content (AvgIpc) is 3.25. The zero-order chi connectivity index (χ0) is 26.1. The second kappa shape index (κ2) is 10.5. The molecule has 196 valence electrons. The Hall–Kier alpha value is -2.40. The van der Waals surface area contributed by atoms with Crippen molar-refractivity contribution < 1.29 is 28.9 Å². The van der Waals surface area contributed by atoms with Gasteiger partial charge in [0.15, 0.2) is 5.13 Å². The number of nitrogens with zero attached hydrogens (tertiary/aromatic N) is 1. The van der Waals surface area contributed by atoms with E-state index in [4.69, 9.17) is 9.72 Å². The summed E-state index contributed by atoms with van der Waals surface area (Å²) in [7, 11) is 1.57. The molecular weight excluding hydrogens is 485 g/mol.